The third kappa shape index (κ3) is 3.95. The smallest absolute Gasteiger partial charge is 0.314 e. The van der Waals surface area contributed by atoms with E-state index in [0.29, 0.717) is 25.6 Å². The van der Waals surface area contributed by atoms with E-state index in [4.69, 9.17) is 11.6 Å². The molecule has 3 rings (SSSR count). The molecule has 0 amide bonds. The molecule has 0 spiro atoms. The maximum atomic E-state index is 13.0. The lowest BCUT2D eigenvalue weighted by Crippen LogP contribution is -2.49. The highest BCUT2D eigenvalue weighted by Crippen LogP contribution is 2.36. The van der Waals surface area contributed by atoms with E-state index in [9.17, 15) is 21.6 Å². The fourth-order valence-electron chi connectivity index (χ4n) is 3.31. The van der Waals surface area contributed by atoms with Gasteiger partial charge in [0.15, 0.2) is 0 Å². The van der Waals surface area contributed by atoms with Crippen LogP contribution in [0.2, 0.25) is 5.02 Å². The molecule has 1 aromatic rings. The average molecular weight is 398 g/mol. The molecule has 2 aliphatic heterocycles. The molecule has 2 saturated heterocycles. The summed E-state index contributed by atoms with van der Waals surface area (Å²) in [6.07, 6.45) is -4.02. The molecule has 5 nitrogen and oxygen atoms in total. The second kappa shape index (κ2) is 7.03. The summed E-state index contributed by atoms with van der Waals surface area (Å²) in [7, 11) is -3.98. The fourth-order valence-corrected chi connectivity index (χ4v) is 5.05. The SMILES string of the molecule is O=S(=O)(c1ccc(Cl)c(C(F)(F)F)c1)N1CCC(N2CCNCC2)C1. The number of sulfonamides is 1. The molecule has 0 aliphatic carbocycles. The highest BCUT2D eigenvalue weighted by molar-refractivity contribution is 7.89. The first-order valence-electron chi connectivity index (χ1n) is 8.01. The molecule has 0 bridgehead atoms. The van der Waals surface area contributed by atoms with Gasteiger partial charge in [0.1, 0.15) is 0 Å². The Hall–Kier alpha value is -0.870. The molecular formula is C15H19ClF3N3O2S. The lowest BCUT2D eigenvalue weighted by Gasteiger charge is -2.32. The number of hydrogen-bond donors (Lipinski definition) is 1. The van der Waals surface area contributed by atoms with E-state index in [0.717, 1.165) is 38.3 Å². The van der Waals surface area contributed by atoms with Crippen molar-refractivity contribution >= 4 is 21.6 Å². The first-order chi connectivity index (χ1) is 11.7. The minimum Gasteiger partial charge on any atom is -0.314 e. The van der Waals surface area contributed by atoms with Crippen molar-refractivity contribution < 1.29 is 21.6 Å². The first-order valence-corrected chi connectivity index (χ1v) is 9.83. The van der Waals surface area contributed by atoms with Gasteiger partial charge >= 0.3 is 6.18 Å². The Bertz CT molecular complexity index is 736. The lowest BCUT2D eigenvalue weighted by atomic mass is 10.2. The van der Waals surface area contributed by atoms with Crippen LogP contribution in [0.1, 0.15) is 12.0 Å². The highest BCUT2D eigenvalue weighted by Gasteiger charge is 2.38. The van der Waals surface area contributed by atoms with Crippen LogP contribution in [0.5, 0.6) is 0 Å². The van der Waals surface area contributed by atoms with E-state index < -0.39 is 26.8 Å². The van der Waals surface area contributed by atoms with Gasteiger partial charge in [0, 0.05) is 45.3 Å². The minimum absolute atomic E-state index is 0.103. The monoisotopic (exact) mass is 397 g/mol. The highest BCUT2D eigenvalue weighted by atomic mass is 35.5. The Morgan fingerprint density at radius 1 is 1.16 bits per heavy atom. The summed E-state index contributed by atoms with van der Waals surface area (Å²) < 4.78 is 65.7. The average Bonchev–Trinajstić information content (AvgIpc) is 3.05. The Morgan fingerprint density at radius 3 is 2.48 bits per heavy atom. The molecule has 1 N–H and O–H groups in total. The summed E-state index contributed by atoms with van der Waals surface area (Å²) in [5, 5.41) is 2.73. The summed E-state index contributed by atoms with van der Waals surface area (Å²) in [6, 6.07) is 2.84. The molecular weight excluding hydrogens is 379 g/mol. The predicted octanol–water partition coefficient (Wildman–Crippen LogP) is 2.03. The zero-order chi connectivity index (χ0) is 18.2. The maximum absolute atomic E-state index is 13.0. The number of piperazine rings is 1. The normalized spacial score (nSPS) is 23.9. The minimum atomic E-state index is -4.70. The van der Waals surface area contributed by atoms with Crippen LogP contribution in [0.3, 0.4) is 0 Å². The van der Waals surface area contributed by atoms with Crippen molar-refractivity contribution in [2.75, 3.05) is 39.3 Å². The summed E-state index contributed by atoms with van der Waals surface area (Å²) in [5.74, 6) is 0. The summed E-state index contributed by atoms with van der Waals surface area (Å²) in [4.78, 5) is 1.86. The second-order valence-corrected chi connectivity index (χ2v) is 8.58. The molecule has 140 valence electrons. The van der Waals surface area contributed by atoms with E-state index >= 15 is 0 Å². The van der Waals surface area contributed by atoms with Crippen LogP contribution in [0.15, 0.2) is 23.1 Å². The quantitative estimate of drug-likeness (QED) is 0.848. The molecule has 2 heterocycles. The maximum Gasteiger partial charge on any atom is 0.417 e. The summed E-state index contributed by atoms with van der Waals surface area (Å²) in [6.45, 7) is 4.01. The number of hydrogen-bond acceptors (Lipinski definition) is 4. The third-order valence-electron chi connectivity index (χ3n) is 4.68. The number of nitrogens with zero attached hydrogens (tertiary/aromatic N) is 2. The molecule has 0 saturated carbocycles. The Morgan fingerprint density at radius 2 is 1.84 bits per heavy atom. The number of halogens is 4. The molecule has 1 unspecified atom stereocenters. The van der Waals surface area contributed by atoms with E-state index in [1.54, 1.807) is 0 Å². The molecule has 0 radical (unpaired) electrons. The van der Waals surface area contributed by atoms with Crippen molar-refractivity contribution in [3.63, 3.8) is 0 Å². The zero-order valence-corrected chi connectivity index (χ0v) is 15.0. The van der Waals surface area contributed by atoms with Gasteiger partial charge in [-0.1, -0.05) is 11.6 Å². The summed E-state index contributed by atoms with van der Waals surface area (Å²) in [5.41, 5.74) is -1.13. The Labute approximate surface area is 149 Å². The molecule has 10 heteroatoms. The van der Waals surface area contributed by atoms with Crippen LogP contribution in [0.25, 0.3) is 0 Å². The topological polar surface area (TPSA) is 52.7 Å². The van der Waals surface area contributed by atoms with Crippen molar-refractivity contribution in [3.05, 3.63) is 28.8 Å². The van der Waals surface area contributed by atoms with Gasteiger partial charge in [0.25, 0.3) is 0 Å². The van der Waals surface area contributed by atoms with Crippen LogP contribution in [0.4, 0.5) is 13.2 Å². The fraction of sp³-hybridized carbons (Fsp3) is 0.600. The van der Waals surface area contributed by atoms with Crippen molar-refractivity contribution in [2.24, 2.45) is 0 Å². The van der Waals surface area contributed by atoms with Gasteiger partial charge in [-0.15, -0.1) is 0 Å². The van der Waals surface area contributed by atoms with Crippen molar-refractivity contribution in [2.45, 2.75) is 23.5 Å². The molecule has 0 aromatic heterocycles. The van der Waals surface area contributed by atoms with Crippen molar-refractivity contribution in [1.29, 1.82) is 0 Å². The van der Waals surface area contributed by atoms with Crippen LogP contribution in [-0.2, 0) is 16.2 Å². The number of rotatable bonds is 3. The van der Waals surface area contributed by atoms with Gasteiger partial charge in [0.05, 0.1) is 15.5 Å². The van der Waals surface area contributed by atoms with Crippen molar-refractivity contribution in [1.82, 2.24) is 14.5 Å². The van der Waals surface area contributed by atoms with Gasteiger partial charge in [-0.2, -0.15) is 17.5 Å². The molecule has 1 atom stereocenters. The van der Waals surface area contributed by atoms with Crippen LogP contribution in [0, 0.1) is 0 Å². The molecule has 1 aromatic carbocycles. The van der Waals surface area contributed by atoms with Crippen LogP contribution >= 0.6 is 11.6 Å². The molecule has 2 aliphatic rings. The zero-order valence-electron chi connectivity index (χ0n) is 13.4. The standard InChI is InChI=1S/C15H19ClF3N3O2S/c16-14-2-1-12(9-13(14)15(17,18)19)25(23,24)22-6-3-11(10-22)21-7-4-20-5-8-21/h1-2,9,11,20H,3-8,10H2. The molecule has 25 heavy (non-hydrogen) atoms. The van der Waals surface area contributed by atoms with Crippen LogP contribution < -0.4 is 5.32 Å². The first kappa shape index (κ1) is 18.9. The summed E-state index contributed by atoms with van der Waals surface area (Å²) >= 11 is 5.57. The third-order valence-corrected chi connectivity index (χ3v) is 6.87. The number of alkyl halides is 3. The largest absolute Gasteiger partial charge is 0.417 e. The van der Waals surface area contributed by atoms with Crippen molar-refractivity contribution in [3.8, 4) is 0 Å². The predicted molar refractivity (Wildman–Crippen MR) is 88.1 cm³/mol. The van der Waals surface area contributed by atoms with Crippen LogP contribution in [-0.4, -0.2) is 62.9 Å². The van der Waals surface area contributed by atoms with E-state index in [2.05, 4.69) is 10.2 Å². The van der Waals surface area contributed by atoms with E-state index in [1.165, 1.54) is 4.31 Å². The van der Waals surface area contributed by atoms with E-state index in [1.807, 2.05) is 0 Å². The second-order valence-electron chi connectivity index (χ2n) is 6.23. The van der Waals surface area contributed by atoms with Gasteiger partial charge in [0.2, 0.25) is 10.0 Å². The number of nitrogens with one attached hydrogen (secondary N) is 1. The lowest BCUT2D eigenvalue weighted by molar-refractivity contribution is -0.137. The van der Waals surface area contributed by atoms with Gasteiger partial charge in [-0.3, -0.25) is 4.90 Å². The molecule has 2 fully saturated rings. The number of benzene rings is 1. The Balaban J connectivity index is 1.80. The Kier molecular flexibility index (Phi) is 5.32. The van der Waals surface area contributed by atoms with Gasteiger partial charge in [-0.25, -0.2) is 8.42 Å². The van der Waals surface area contributed by atoms with Gasteiger partial charge in [-0.05, 0) is 24.6 Å². The van der Waals surface area contributed by atoms with Gasteiger partial charge < -0.3 is 5.32 Å². The van der Waals surface area contributed by atoms with E-state index in [-0.39, 0.29) is 10.9 Å².